The SMILES string of the molecule is COCCCOC1CCC(c2nn(C3CCCCO3)cc2CN(C)CCN(C)C(=O)OC(C)(C)C)CC12CCCC2. The highest BCUT2D eigenvalue weighted by molar-refractivity contribution is 5.67. The lowest BCUT2D eigenvalue weighted by Gasteiger charge is -2.44. The number of methoxy groups -OCH3 is 1. The molecule has 0 N–H and O–H groups in total. The predicted molar refractivity (Wildman–Crippen MR) is 160 cm³/mol. The van der Waals surface area contributed by atoms with Gasteiger partial charge < -0.3 is 28.7 Å². The smallest absolute Gasteiger partial charge is 0.410 e. The van der Waals surface area contributed by atoms with Gasteiger partial charge in [0.1, 0.15) is 11.8 Å². The quantitative estimate of drug-likeness (QED) is 0.277. The van der Waals surface area contributed by atoms with E-state index in [4.69, 9.17) is 24.0 Å². The second kappa shape index (κ2) is 14.7. The number of amides is 1. The molecule has 3 aliphatic rings. The van der Waals surface area contributed by atoms with Crippen LogP contribution >= 0.6 is 0 Å². The molecule has 0 bridgehead atoms. The summed E-state index contributed by atoms with van der Waals surface area (Å²) in [6.45, 7) is 10.2. The summed E-state index contributed by atoms with van der Waals surface area (Å²) in [7, 11) is 5.70. The fourth-order valence-electron chi connectivity index (χ4n) is 7.02. The van der Waals surface area contributed by atoms with Gasteiger partial charge in [-0.2, -0.15) is 5.10 Å². The van der Waals surface area contributed by atoms with Crippen LogP contribution in [0.15, 0.2) is 6.20 Å². The molecule has 0 radical (unpaired) electrons. The molecular formula is C32H56N4O5. The summed E-state index contributed by atoms with van der Waals surface area (Å²) in [6, 6.07) is 0. The molecule has 4 rings (SSSR count). The Bertz CT molecular complexity index is 948. The Labute approximate surface area is 248 Å². The van der Waals surface area contributed by atoms with Gasteiger partial charge in [-0.05, 0) is 91.0 Å². The van der Waals surface area contributed by atoms with Crippen LogP contribution in [0.2, 0.25) is 0 Å². The molecule has 9 nitrogen and oxygen atoms in total. The summed E-state index contributed by atoms with van der Waals surface area (Å²) >= 11 is 0. The van der Waals surface area contributed by atoms with Crippen LogP contribution in [0, 0.1) is 5.41 Å². The maximum absolute atomic E-state index is 12.5. The first-order chi connectivity index (χ1) is 19.6. The number of hydrogen-bond acceptors (Lipinski definition) is 7. The fraction of sp³-hybridized carbons (Fsp3) is 0.875. The van der Waals surface area contributed by atoms with Gasteiger partial charge in [-0.25, -0.2) is 9.48 Å². The number of nitrogens with zero attached hydrogens (tertiary/aromatic N) is 4. The maximum Gasteiger partial charge on any atom is 0.410 e. The van der Waals surface area contributed by atoms with Gasteiger partial charge in [-0.15, -0.1) is 0 Å². The van der Waals surface area contributed by atoms with Crippen LogP contribution in [0.1, 0.15) is 115 Å². The van der Waals surface area contributed by atoms with E-state index in [0.717, 1.165) is 71.4 Å². The molecule has 1 aliphatic heterocycles. The number of aromatic nitrogens is 2. The second-order valence-corrected chi connectivity index (χ2v) is 13.7. The number of ether oxygens (including phenoxy) is 4. The van der Waals surface area contributed by atoms with Gasteiger partial charge in [0.2, 0.25) is 0 Å². The topological polar surface area (TPSA) is 78.3 Å². The highest BCUT2D eigenvalue weighted by atomic mass is 16.6. The molecule has 9 heteroatoms. The van der Waals surface area contributed by atoms with E-state index in [-0.39, 0.29) is 17.7 Å². The van der Waals surface area contributed by atoms with Crippen molar-refractivity contribution in [2.45, 2.75) is 122 Å². The lowest BCUT2D eigenvalue weighted by atomic mass is 9.65. The minimum absolute atomic E-state index is 0.0285. The van der Waals surface area contributed by atoms with Crippen molar-refractivity contribution >= 4 is 6.09 Å². The van der Waals surface area contributed by atoms with Crippen molar-refractivity contribution in [1.29, 1.82) is 0 Å². The van der Waals surface area contributed by atoms with Gasteiger partial charge in [0.25, 0.3) is 0 Å². The molecule has 3 fully saturated rings. The summed E-state index contributed by atoms with van der Waals surface area (Å²) in [5.74, 6) is 0.435. The highest BCUT2D eigenvalue weighted by Gasteiger charge is 2.47. The van der Waals surface area contributed by atoms with Crippen LogP contribution in [0.3, 0.4) is 0 Å². The van der Waals surface area contributed by atoms with Crippen molar-refractivity contribution in [3.05, 3.63) is 17.5 Å². The molecule has 2 saturated carbocycles. The average molecular weight is 577 g/mol. The Kier molecular flexibility index (Phi) is 11.5. The Morgan fingerprint density at radius 3 is 2.56 bits per heavy atom. The zero-order valence-corrected chi connectivity index (χ0v) is 26.7. The maximum atomic E-state index is 12.5. The highest BCUT2D eigenvalue weighted by Crippen LogP contribution is 2.54. The van der Waals surface area contributed by atoms with Crippen LogP contribution < -0.4 is 0 Å². The molecule has 1 aromatic heterocycles. The molecule has 0 aromatic carbocycles. The minimum Gasteiger partial charge on any atom is -0.444 e. The molecular weight excluding hydrogens is 520 g/mol. The van der Waals surface area contributed by atoms with E-state index in [0.29, 0.717) is 18.6 Å². The van der Waals surface area contributed by atoms with Crippen LogP contribution in [-0.2, 0) is 25.5 Å². The molecule has 41 heavy (non-hydrogen) atoms. The van der Waals surface area contributed by atoms with E-state index < -0.39 is 5.60 Å². The Hall–Kier alpha value is -1.68. The number of rotatable bonds is 12. The van der Waals surface area contributed by atoms with Gasteiger partial charge in [0, 0.05) is 71.3 Å². The van der Waals surface area contributed by atoms with Crippen molar-refractivity contribution in [3.8, 4) is 0 Å². The van der Waals surface area contributed by atoms with Crippen LogP contribution in [-0.4, -0.2) is 91.5 Å². The lowest BCUT2D eigenvalue weighted by molar-refractivity contribution is -0.0739. The summed E-state index contributed by atoms with van der Waals surface area (Å²) in [5, 5.41) is 5.26. The van der Waals surface area contributed by atoms with Crippen molar-refractivity contribution in [2.24, 2.45) is 5.41 Å². The largest absolute Gasteiger partial charge is 0.444 e. The van der Waals surface area contributed by atoms with E-state index in [1.54, 1.807) is 12.0 Å². The summed E-state index contributed by atoms with van der Waals surface area (Å²) in [5.41, 5.74) is 2.31. The number of likely N-dealkylation sites (N-methyl/N-ethyl adjacent to an activating group) is 2. The van der Waals surface area contributed by atoms with E-state index >= 15 is 0 Å². The Morgan fingerprint density at radius 1 is 1.10 bits per heavy atom. The monoisotopic (exact) mass is 576 g/mol. The van der Waals surface area contributed by atoms with Crippen molar-refractivity contribution < 1.29 is 23.7 Å². The molecule has 2 heterocycles. The molecule has 1 saturated heterocycles. The molecule has 2 aliphatic carbocycles. The molecule has 1 amide bonds. The lowest BCUT2D eigenvalue weighted by Crippen LogP contribution is -2.41. The van der Waals surface area contributed by atoms with Gasteiger partial charge in [-0.1, -0.05) is 12.8 Å². The molecule has 1 aromatic rings. The van der Waals surface area contributed by atoms with Crippen LogP contribution in [0.5, 0.6) is 0 Å². The van der Waals surface area contributed by atoms with Crippen molar-refractivity contribution in [2.75, 3.05) is 54.1 Å². The van der Waals surface area contributed by atoms with Crippen molar-refractivity contribution in [1.82, 2.24) is 19.6 Å². The van der Waals surface area contributed by atoms with E-state index in [2.05, 4.69) is 22.8 Å². The molecule has 3 atom stereocenters. The molecule has 1 spiro atoms. The first-order valence-electron chi connectivity index (χ1n) is 16.0. The van der Waals surface area contributed by atoms with E-state index in [1.807, 2.05) is 27.8 Å². The number of hydrogen-bond donors (Lipinski definition) is 0. The molecule has 3 unspecified atom stereocenters. The van der Waals surface area contributed by atoms with Gasteiger partial charge in [0.05, 0.1) is 11.8 Å². The first-order valence-corrected chi connectivity index (χ1v) is 16.0. The summed E-state index contributed by atoms with van der Waals surface area (Å²) < 4.78 is 25.6. The Morgan fingerprint density at radius 2 is 1.88 bits per heavy atom. The summed E-state index contributed by atoms with van der Waals surface area (Å²) in [4.78, 5) is 16.4. The van der Waals surface area contributed by atoms with Crippen LogP contribution in [0.4, 0.5) is 4.79 Å². The fourth-order valence-corrected chi connectivity index (χ4v) is 7.02. The zero-order chi connectivity index (χ0) is 29.5. The zero-order valence-electron chi connectivity index (χ0n) is 26.7. The van der Waals surface area contributed by atoms with Crippen LogP contribution in [0.25, 0.3) is 0 Å². The minimum atomic E-state index is -0.493. The standard InChI is InChI=1S/C32H56N4O5/c1-31(2,3)41-30(37)35(5)18-17-34(4)23-26-24-36(28-12-7-10-20-40-28)33-29(26)25-13-14-27(39-21-11-19-38-6)32(22-25)15-8-9-16-32/h24-25,27-28H,7-23H2,1-6H3. The van der Waals surface area contributed by atoms with E-state index in [1.165, 1.54) is 43.4 Å². The number of carbonyl (C=O) groups excluding carboxylic acids is 1. The normalized spacial score (nSPS) is 24.7. The first kappa shape index (κ1) is 32.2. The van der Waals surface area contributed by atoms with Gasteiger partial charge in [-0.3, -0.25) is 0 Å². The third-order valence-corrected chi connectivity index (χ3v) is 9.16. The number of carbonyl (C=O) groups is 1. The van der Waals surface area contributed by atoms with E-state index in [9.17, 15) is 4.79 Å². The predicted octanol–water partition coefficient (Wildman–Crippen LogP) is 6.13. The Balaban J connectivity index is 1.46. The van der Waals surface area contributed by atoms with Gasteiger partial charge in [0.15, 0.2) is 0 Å². The second-order valence-electron chi connectivity index (χ2n) is 13.7. The molecule has 234 valence electrons. The van der Waals surface area contributed by atoms with Crippen molar-refractivity contribution in [3.63, 3.8) is 0 Å². The summed E-state index contributed by atoms with van der Waals surface area (Å²) in [6.07, 6.45) is 15.1. The average Bonchev–Trinajstić information content (AvgIpc) is 3.58. The third kappa shape index (κ3) is 8.91. The van der Waals surface area contributed by atoms with Gasteiger partial charge >= 0.3 is 6.09 Å². The third-order valence-electron chi connectivity index (χ3n) is 9.16.